The standard InChI is InChI=1S/C18H15F3N2O2S/c1-10(2)15-9-22-17(26-15)23-16(24)14-7-6-13(25-14)11-4-3-5-12(8-11)18(19,20)21/h3-10H,1-2H3,(H,22,23,24). The number of nitrogens with one attached hydrogen (secondary N) is 1. The monoisotopic (exact) mass is 380 g/mol. The number of carbonyl (C=O) groups excluding carboxylic acids is 1. The Balaban J connectivity index is 1.78. The Morgan fingerprint density at radius 3 is 2.65 bits per heavy atom. The molecule has 0 atom stereocenters. The molecule has 4 nitrogen and oxygen atoms in total. The highest BCUT2D eigenvalue weighted by atomic mass is 32.1. The molecular formula is C18H15F3N2O2S. The van der Waals surface area contributed by atoms with Crippen LogP contribution < -0.4 is 5.32 Å². The first-order chi connectivity index (χ1) is 12.2. The molecule has 0 saturated heterocycles. The van der Waals surface area contributed by atoms with Gasteiger partial charge in [0.2, 0.25) is 0 Å². The van der Waals surface area contributed by atoms with Crippen molar-refractivity contribution in [3.05, 3.63) is 58.8 Å². The van der Waals surface area contributed by atoms with Crippen LogP contribution in [0.2, 0.25) is 0 Å². The zero-order chi connectivity index (χ0) is 18.9. The highest BCUT2D eigenvalue weighted by Crippen LogP contribution is 2.33. The molecule has 2 aromatic heterocycles. The van der Waals surface area contributed by atoms with Crippen molar-refractivity contribution in [2.45, 2.75) is 25.9 Å². The van der Waals surface area contributed by atoms with Gasteiger partial charge in [0.05, 0.1) is 5.56 Å². The minimum Gasteiger partial charge on any atom is -0.451 e. The number of benzene rings is 1. The van der Waals surface area contributed by atoms with E-state index < -0.39 is 17.6 Å². The van der Waals surface area contributed by atoms with Gasteiger partial charge in [-0.15, -0.1) is 11.3 Å². The van der Waals surface area contributed by atoms with Crippen LogP contribution >= 0.6 is 11.3 Å². The molecule has 1 aromatic carbocycles. The summed E-state index contributed by atoms with van der Waals surface area (Å²) in [4.78, 5) is 17.4. The number of amides is 1. The maximum Gasteiger partial charge on any atom is 0.416 e. The first kappa shape index (κ1) is 18.2. The van der Waals surface area contributed by atoms with Crippen LogP contribution in [0.3, 0.4) is 0 Å². The van der Waals surface area contributed by atoms with Gasteiger partial charge in [-0.1, -0.05) is 26.0 Å². The van der Waals surface area contributed by atoms with Gasteiger partial charge in [-0.25, -0.2) is 4.98 Å². The molecule has 136 valence electrons. The molecular weight excluding hydrogens is 365 g/mol. The van der Waals surface area contributed by atoms with Gasteiger partial charge in [0, 0.05) is 16.6 Å². The Morgan fingerprint density at radius 2 is 2.00 bits per heavy atom. The first-order valence-electron chi connectivity index (χ1n) is 7.78. The zero-order valence-corrected chi connectivity index (χ0v) is 14.7. The topological polar surface area (TPSA) is 55.1 Å². The second-order valence-corrected chi connectivity index (χ2v) is 6.98. The highest BCUT2D eigenvalue weighted by molar-refractivity contribution is 7.15. The summed E-state index contributed by atoms with van der Waals surface area (Å²) in [5, 5.41) is 3.07. The lowest BCUT2D eigenvalue weighted by atomic mass is 10.1. The third-order valence-electron chi connectivity index (χ3n) is 3.62. The zero-order valence-electron chi connectivity index (χ0n) is 13.9. The smallest absolute Gasteiger partial charge is 0.416 e. The summed E-state index contributed by atoms with van der Waals surface area (Å²) in [5.74, 6) is -0.0240. The van der Waals surface area contributed by atoms with E-state index >= 15 is 0 Å². The van der Waals surface area contributed by atoms with E-state index in [1.807, 2.05) is 13.8 Å². The predicted molar refractivity (Wildman–Crippen MR) is 93.3 cm³/mol. The van der Waals surface area contributed by atoms with Crippen molar-refractivity contribution in [1.29, 1.82) is 0 Å². The lowest BCUT2D eigenvalue weighted by molar-refractivity contribution is -0.137. The molecule has 0 unspecified atom stereocenters. The fourth-order valence-electron chi connectivity index (χ4n) is 2.23. The number of aromatic nitrogens is 1. The van der Waals surface area contributed by atoms with Gasteiger partial charge in [-0.2, -0.15) is 13.2 Å². The molecule has 0 radical (unpaired) electrons. The van der Waals surface area contributed by atoms with Crippen LogP contribution in [-0.4, -0.2) is 10.9 Å². The average molecular weight is 380 g/mol. The molecule has 0 aliphatic rings. The van der Waals surface area contributed by atoms with Gasteiger partial charge >= 0.3 is 6.18 Å². The molecule has 0 fully saturated rings. The van der Waals surface area contributed by atoms with E-state index in [1.54, 1.807) is 6.20 Å². The van der Waals surface area contributed by atoms with Gasteiger partial charge in [-0.3, -0.25) is 10.1 Å². The minimum atomic E-state index is -4.44. The number of rotatable bonds is 4. The minimum absolute atomic E-state index is 0.00120. The van der Waals surface area contributed by atoms with Crippen LogP contribution in [-0.2, 0) is 6.18 Å². The van der Waals surface area contributed by atoms with Gasteiger partial charge in [0.15, 0.2) is 10.9 Å². The summed E-state index contributed by atoms with van der Waals surface area (Å²) < 4.78 is 43.9. The molecule has 3 aromatic rings. The molecule has 26 heavy (non-hydrogen) atoms. The normalized spacial score (nSPS) is 11.8. The molecule has 1 N–H and O–H groups in total. The second-order valence-electron chi connectivity index (χ2n) is 5.92. The number of anilines is 1. The van der Waals surface area contributed by atoms with E-state index in [2.05, 4.69) is 10.3 Å². The summed E-state index contributed by atoms with van der Waals surface area (Å²) in [6, 6.07) is 7.63. The Labute approximate surface area is 151 Å². The van der Waals surface area contributed by atoms with Crippen molar-refractivity contribution in [2.75, 3.05) is 5.32 Å². The van der Waals surface area contributed by atoms with Crippen molar-refractivity contribution in [1.82, 2.24) is 4.98 Å². The summed E-state index contributed by atoms with van der Waals surface area (Å²) in [6.07, 6.45) is -2.75. The van der Waals surface area contributed by atoms with Gasteiger partial charge < -0.3 is 4.42 Å². The number of halogens is 3. The molecule has 0 bridgehead atoms. The predicted octanol–water partition coefficient (Wildman–Crippen LogP) is 5.80. The van der Waals surface area contributed by atoms with E-state index in [0.29, 0.717) is 11.0 Å². The van der Waals surface area contributed by atoms with Crippen LogP contribution in [0, 0.1) is 0 Å². The Morgan fingerprint density at radius 1 is 1.23 bits per heavy atom. The highest BCUT2D eigenvalue weighted by Gasteiger charge is 2.30. The van der Waals surface area contributed by atoms with Crippen molar-refractivity contribution in [3.63, 3.8) is 0 Å². The molecule has 1 amide bonds. The summed E-state index contributed by atoms with van der Waals surface area (Å²) in [7, 11) is 0. The lowest BCUT2D eigenvalue weighted by Gasteiger charge is -2.07. The molecule has 2 heterocycles. The fraction of sp³-hybridized carbons (Fsp3) is 0.222. The van der Waals surface area contributed by atoms with Crippen molar-refractivity contribution in [3.8, 4) is 11.3 Å². The van der Waals surface area contributed by atoms with E-state index in [9.17, 15) is 18.0 Å². The molecule has 0 aliphatic heterocycles. The van der Waals surface area contributed by atoms with Gasteiger partial charge in [0.25, 0.3) is 5.91 Å². The molecule has 8 heteroatoms. The summed E-state index contributed by atoms with van der Waals surface area (Å²) >= 11 is 1.36. The van der Waals surface area contributed by atoms with Crippen LogP contribution in [0.4, 0.5) is 18.3 Å². The number of carbonyl (C=O) groups is 1. The van der Waals surface area contributed by atoms with Crippen LogP contribution in [0.25, 0.3) is 11.3 Å². The third-order valence-corrected chi connectivity index (χ3v) is 4.83. The number of alkyl halides is 3. The van der Waals surface area contributed by atoms with Crippen LogP contribution in [0.5, 0.6) is 0 Å². The van der Waals surface area contributed by atoms with E-state index in [4.69, 9.17) is 4.42 Å². The Kier molecular flexibility index (Phi) is 4.86. The second kappa shape index (κ2) is 6.95. The van der Waals surface area contributed by atoms with E-state index in [0.717, 1.165) is 17.0 Å². The maximum atomic E-state index is 12.8. The third kappa shape index (κ3) is 3.96. The fourth-order valence-corrected chi connectivity index (χ4v) is 3.05. The number of nitrogens with zero attached hydrogens (tertiary/aromatic N) is 1. The summed E-state index contributed by atoms with van der Waals surface area (Å²) in [5.41, 5.74) is -0.531. The van der Waals surface area contributed by atoms with Crippen molar-refractivity contribution >= 4 is 22.4 Å². The molecule has 3 rings (SSSR count). The first-order valence-corrected chi connectivity index (χ1v) is 8.60. The number of furan rings is 1. The molecule has 0 saturated carbocycles. The molecule has 0 spiro atoms. The van der Waals surface area contributed by atoms with Crippen LogP contribution in [0.1, 0.15) is 40.8 Å². The van der Waals surface area contributed by atoms with Crippen molar-refractivity contribution in [2.24, 2.45) is 0 Å². The maximum absolute atomic E-state index is 12.8. The number of hydrogen-bond donors (Lipinski definition) is 1. The van der Waals surface area contributed by atoms with E-state index in [1.165, 1.54) is 35.6 Å². The SMILES string of the molecule is CC(C)c1cnc(NC(=O)c2ccc(-c3cccc(C(F)(F)F)c3)o2)s1. The summed E-state index contributed by atoms with van der Waals surface area (Å²) in [6.45, 7) is 4.04. The van der Waals surface area contributed by atoms with E-state index in [-0.39, 0.29) is 17.1 Å². The van der Waals surface area contributed by atoms with Gasteiger partial charge in [-0.05, 0) is 30.2 Å². The quantitative estimate of drug-likeness (QED) is 0.623. The van der Waals surface area contributed by atoms with Crippen LogP contribution in [0.15, 0.2) is 47.0 Å². The number of thiazole rings is 1. The van der Waals surface area contributed by atoms with Gasteiger partial charge in [0.1, 0.15) is 5.76 Å². The van der Waals surface area contributed by atoms with Crippen molar-refractivity contribution < 1.29 is 22.4 Å². The largest absolute Gasteiger partial charge is 0.451 e. The average Bonchev–Trinajstić information content (AvgIpc) is 3.23. The molecule has 0 aliphatic carbocycles. The lowest BCUT2D eigenvalue weighted by Crippen LogP contribution is -2.10. The Bertz CT molecular complexity index is 928. The Hall–Kier alpha value is -2.61. The number of hydrogen-bond acceptors (Lipinski definition) is 4.